The monoisotopic (exact) mass is 578 g/mol. The Labute approximate surface area is 245 Å². The van der Waals surface area contributed by atoms with Gasteiger partial charge in [-0.3, -0.25) is 19.2 Å². The van der Waals surface area contributed by atoms with E-state index in [1.54, 1.807) is 62.6 Å². The molecule has 0 bridgehead atoms. The maximum atomic E-state index is 12.5. The fraction of sp³-hybridized carbons (Fsp3) is 0.133. The van der Waals surface area contributed by atoms with E-state index in [9.17, 15) is 19.2 Å². The van der Waals surface area contributed by atoms with Crippen molar-refractivity contribution in [1.82, 2.24) is 9.80 Å². The van der Waals surface area contributed by atoms with Gasteiger partial charge < -0.3 is 21.3 Å². The molecule has 8 nitrogen and oxygen atoms in total. The zero-order valence-corrected chi connectivity index (χ0v) is 23.5. The molecule has 0 aliphatic heterocycles. The van der Waals surface area contributed by atoms with E-state index in [0.29, 0.717) is 24.5 Å². The summed E-state index contributed by atoms with van der Waals surface area (Å²) in [5.74, 6) is 6.98. The number of carbonyl (C=O) groups excluding carboxylic acids is 4. The molecule has 0 saturated heterocycles. The Bertz CT molecular complexity index is 1390. The molecule has 0 spiro atoms. The maximum absolute atomic E-state index is 12.5. The average molecular weight is 579 g/mol. The molecule has 0 radical (unpaired) electrons. The van der Waals surface area contributed by atoms with Gasteiger partial charge in [-0.25, -0.2) is 0 Å². The standard InChI is InChI=1S/C30H26N4O4.2ClH/c1-33(19-21-6-10-25(31)11-7-21)29(37)16-14-27(35)23-4-3-5-24(18-23)28(36)15-17-30(38)34(2)20-22-8-12-26(32)13-9-22;;/h3-13,18H,19-20,31-32H2,1-2H3;2*1H. The molecule has 0 aromatic heterocycles. The Morgan fingerprint density at radius 1 is 0.600 bits per heavy atom. The van der Waals surface area contributed by atoms with Crippen molar-refractivity contribution in [2.75, 3.05) is 25.6 Å². The van der Waals surface area contributed by atoms with E-state index in [4.69, 9.17) is 11.5 Å². The van der Waals surface area contributed by atoms with E-state index in [0.717, 1.165) is 11.1 Å². The third-order valence-electron chi connectivity index (χ3n) is 5.45. The molecule has 206 valence electrons. The number of nitrogens with two attached hydrogens (primary N) is 2. The molecule has 0 aliphatic rings. The lowest BCUT2D eigenvalue weighted by atomic mass is 10.0. The van der Waals surface area contributed by atoms with Crippen LogP contribution in [0.2, 0.25) is 0 Å². The van der Waals surface area contributed by atoms with Gasteiger partial charge >= 0.3 is 0 Å². The van der Waals surface area contributed by atoms with Crippen molar-refractivity contribution in [2.24, 2.45) is 0 Å². The quantitative estimate of drug-likeness (QED) is 0.200. The molecule has 3 aromatic carbocycles. The third-order valence-corrected chi connectivity index (χ3v) is 5.45. The Kier molecular flexibility index (Phi) is 13.0. The number of benzene rings is 3. The fourth-order valence-electron chi connectivity index (χ4n) is 3.29. The van der Waals surface area contributed by atoms with Crippen LogP contribution < -0.4 is 11.5 Å². The molecule has 40 heavy (non-hydrogen) atoms. The summed E-state index contributed by atoms with van der Waals surface area (Å²) in [6, 6.07) is 19.9. The highest BCUT2D eigenvalue weighted by atomic mass is 35.5. The number of amides is 2. The lowest BCUT2D eigenvalue weighted by molar-refractivity contribution is -0.125. The summed E-state index contributed by atoms with van der Waals surface area (Å²) < 4.78 is 0. The van der Waals surface area contributed by atoms with Crippen LogP contribution in [0.5, 0.6) is 0 Å². The van der Waals surface area contributed by atoms with Gasteiger partial charge in [0, 0.05) is 61.5 Å². The Hall–Kier alpha value is -4.76. The maximum Gasteiger partial charge on any atom is 0.298 e. The Balaban J connectivity index is 0.00000400. The summed E-state index contributed by atoms with van der Waals surface area (Å²) in [4.78, 5) is 52.4. The van der Waals surface area contributed by atoms with E-state index in [1.807, 2.05) is 0 Å². The number of halogens is 2. The topological polar surface area (TPSA) is 127 Å². The molecule has 2 amide bonds. The van der Waals surface area contributed by atoms with E-state index >= 15 is 0 Å². The van der Waals surface area contributed by atoms with Crippen molar-refractivity contribution in [1.29, 1.82) is 0 Å². The second-order valence-corrected chi connectivity index (χ2v) is 8.54. The number of carbonyl (C=O) groups is 4. The highest BCUT2D eigenvalue weighted by molar-refractivity contribution is 6.16. The van der Waals surface area contributed by atoms with Crippen LogP contribution in [0.25, 0.3) is 0 Å². The molecule has 0 atom stereocenters. The van der Waals surface area contributed by atoms with Crippen LogP contribution in [-0.4, -0.2) is 47.3 Å². The molecular formula is C30H28Cl2N4O4. The number of anilines is 2. The first-order valence-corrected chi connectivity index (χ1v) is 11.5. The van der Waals surface area contributed by atoms with Gasteiger partial charge in [0.05, 0.1) is 0 Å². The van der Waals surface area contributed by atoms with Gasteiger partial charge in [-0.15, -0.1) is 24.8 Å². The van der Waals surface area contributed by atoms with Crippen molar-refractivity contribution in [3.63, 3.8) is 0 Å². The van der Waals surface area contributed by atoms with Gasteiger partial charge in [-0.05, 0) is 53.3 Å². The normalized spacial score (nSPS) is 9.25. The first kappa shape index (κ1) is 33.3. The molecule has 10 heteroatoms. The Morgan fingerprint density at radius 2 is 0.950 bits per heavy atom. The van der Waals surface area contributed by atoms with Gasteiger partial charge in [0.1, 0.15) is 0 Å². The molecule has 0 aliphatic carbocycles. The molecule has 3 aromatic rings. The number of nitrogens with zero attached hydrogens (tertiary/aromatic N) is 2. The molecule has 0 unspecified atom stereocenters. The Morgan fingerprint density at radius 3 is 1.30 bits per heavy atom. The molecule has 3 rings (SSSR count). The van der Waals surface area contributed by atoms with Crippen LogP contribution in [0.4, 0.5) is 11.4 Å². The number of rotatable bonds is 6. The van der Waals surface area contributed by atoms with Gasteiger partial charge in [-0.1, -0.05) is 42.5 Å². The summed E-state index contributed by atoms with van der Waals surface area (Å²) in [6.07, 6.45) is 0. The summed E-state index contributed by atoms with van der Waals surface area (Å²) in [7, 11) is 3.15. The van der Waals surface area contributed by atoms with Crippen LogP contribution >= 0.6 is 24.8 Å². The van der Waals surface area contributed by atoms with Crippen LogP contribution in [-0.2, 0) is 22.7 Å². The number of nitrogen functional groups attached to an aromatic ring is 2. The zero-order chi connectivity index (χ0) is 27.7. The molecule has 0 fully saturated rings. The largest absolute Gasteiger partial charge is 0.399 e. The minimum absolute atomic E-state index is 0. The number of ketones is 2. The number of Topliss-reactive ketones (excluding diaryl/α,β-unsaturated/α-hetero) is 2. The third kappa shape index (κ3) is 9.85. The summed E-state index contributed by atoms with van der Waals surface area (Å²) in [5, 5.41) is 0. The van der Waals surface area contributed by atoms with Crippen molar-refractivity contribution >= 4 is 59.6 Å². The second kappa shape index (κ2) is 15.6. The van der Waals surface area contributed by atoms with Crippen LogP contribution in [0, 0.1) is 23.7 Å². The average Bonchev–Trinajstić information content (AvgIpc) is 2.92. The lowest BCUT2D eigenvalue weighted by Gasteiger charge is -2.13. The number of hydrogen-bond donors (Lipinski definition) is 2. The number of hydrogen-bond acceptors (Lipinski definition) is 6. The van der Waals surface area contributed by atoms with E-state index in [1.165, 1.54) is 34.1 Å². The van der Waals surface area contributed by atoms with E-state index in [-0.39, 0.29) is 35.9 Å². The predicted molar refractivity (Wildman–Crippen MR) is 160 cm³/mol. The fourth-order valence-corrected chi connectivity index (χ4v) is 3.29. The highest BCUT2D eigenvalue weighted by Crippen LogP contribution is 2.10. The van der Waals surface area contributed by atoms with Gasteiger partial charge in [0.2, 0.25) is 11.6 Å². The van der Waals surface area contributed by atoms with Crippen molar-refractivity contribution in [2.45, 2.75) is 13.1 Å². The molecular weight excluding hydrogens is 551 g/mol. The molecule has 0 heterocycles. The lowest BCUT2D eigenvalue weighted by Crippen LogP contribution is -2.24. The SMILES string of the molecule is CN(Cc1ccc(N)cc1)C(=O)C#CC(=O)c1cccc(C(=O)C#CC(=O)N(C)Cc2ccc(N)cc2)c1.Cl.Cl. The van der Waals surface area contributed by atoms with Crippen molar-refractivity contribution < 1.29 is 19.2 Å². The highest BCUT2D eigenvalue weighted by Gasteiger charge is 2.11. The predicted octanol–water partition coefficient (Wildman–Crippen LogP) is 3.38. The first-order chi connectivity index (χ1) is 18.1. The second-order valence-electron chi connectivity index (χ2n) is 8.54. The smallest absolute Gasteiger partial charge is 0.298 e. The first-order valence-electron chi connectivity index (χ1n) is 11.5. The van der Waals surface area contributed by atoms with Crippen LogP contribution in [0.1, 0.15) is 31.8 Å². The van der Waals surface area contributed by atoms with Crippen LogP contribution in [0.3, 0.4) is 0 Å². The summed E-state index contributed by atoms with van der Waals surface area (Å²) in [5.41, 5.74) is 14.6. The summed E-state index contributed by atoms with van der Waals surface area (Å²) >= 11 is 0. The van der Waals surface area contributed by atoms with Gasteiger partial charge in [-0.2, -0.15) is 0 Å². The summed E-state index contributed by atoms with van der Waals surface area (Å²) in [6.45, 7) is 0.608. The van der Waals surface area contributed by atoms with Gasteiger partial charge in [0.15, 0.2) is 0 Å². The zero-order valence-electron chi connectivity index (χ0n) is 21.8. The van der Waals surface area contributed by atoms with Crippen LogP contribution in [0.15, 0.2) is 72.8 Å². The molecule has 0 saturated carbocycles. The van der Waals surface area contributed by atoms with Gasteiger partial charge in [0.25, 0.3) is 11.8 Å². The molecule has 4 N–H and O–H groups in total. The van der Waals surface area contributed by atoms with Crippen molar-refractivity contribution in [3.8, 4) is 23.7 Å². The van der Waals surface area contributed by atoms with Crippen molar-refractivity contribution in [3.05, 3.63) is 95.1 Å². The minimum Gasteiger partial charge on any atom is -0.399 e. The van der Waals surface area contributed by atoms with E-state index in [2.05, 4.69) is 23.7 Å². The minimum atomic E-state index is -0.624. The van der Waals surface area contributed by atoms with E-state index < -0.39 is 23.4 Å².